The molecular weight excluding hydrogens is 478 g/mol. The molecule has 0 saturated heterocycles. The van der Waals surface area contributed by atoms with Crippen LogP contribution in [-0.4, -0.2) is 39.7 Å². The first kappa shape index (κ1) is 23.4. The number of aromatic nitrogens is 3. The summed E-state index contributed by atoms with van der Waals surface area (Å²) in [5.74, 6) is -0.859. The lowest BCUT2D eigenvalue weighted by Crippen LogP contribution is -2.15. The minimum atomic E-state index is -3.56. The number of halogens is 1. The molecule has 3 N–H and O–H groups in total. The smallest absolute Gasteiger partial charge is 0.354 e. The molecule has 0 unspecified atom stereocenters. The van der Waals surface area contributed by atoms with Crippen molar-refractivity contribution in [3.8, 4) is 0 Å². The lowest BCUT2D eigenvalue weighted by Gasteiger charge is -2.15. The Balaban J connectivity index is 1.73. The maximum absolute atomic E-state index is 12.8. The van der Waals surface area contributed by atoms with Gasteiger partial charge in [0.15, 0.2) is 21.3 Å². The van der Waals surface area contributed by atoms with Crippen molar-refractivity contribution in [3.05, 3.63) is 71.5 Å². The third kappa shape index (κ3) is 4.63. The standard InChI is InChI=1S/C23H20ClN5O4S/c1-13(2)34(32,33)20-10-6-5-9-17(20)27-21-15(24)12-25-23(29-21)28-18-11-19(22(30)31)26-16-8-4-3-7-14(16)18/h3-13H,1-2H3,(H,30,31)(H2,25,26,27,28,29). The van der Waals surface area contributed by atoms with Crippen LogP contribution >= 0.6 is 11.6 Å². The van der Waals surface area contributed by atoms with Crippen LogP contribution in [0.2, 0.25) is 5.02 Å². The number of hydrogen-bond donors (Lipinski definition) is 3. The van der Waals surface area contributed by atoms with Crippen LogP contribution in [0, 0.1) is 0 Å². The number of sulfone groups is 1. The highest BCUT2D eigenvalue weighted by molar-refractivity contribution is 7.92. The highest BCUT2D eigenvalue weighted by Gasteiger charge is 2.23. The number of rotatable bonds is 7. The SMILES string of the molecule is CC(C)S(=O)(=O)c1ccccc1Nc1nc(Nc2cc(C(=O)O)nc3ccccc23)ncc1Cl. The van der Waals surface area contributed by atoms with Crippen molar-refractivity contribution >= 4 is 61.5 Å². The van der Waals surface area contributed by atoms with Gasteiger partial charge in [0.2, 0.25) is 5.95 Å². The summed E-state index contributed by atoms with van der Waals surface area (Å²) in [6.45, 7) is 3.21. The van der Waals surface area contributed by atoms with Gasteiger partial charge in [-0.1, -0.05) is 41.9 Å². The fourth-order valence-corrected chi connectivity index (χ4v) is 4.56. The Morgan fingerprint density at radius 2 is 1.71 bits per heavy atom. The van der Waals surface area contributed by atoms with E-state index in [1.807, 2.05) is 0 Å². The zero-order valence-corrected chi connectivity index (χ0v) is 19.7. The maximum Gasteiger partial charge on any atom is 0.354 e. The second-order valence-corrected chi connectivity index (χ2v) is 10.5. The van der Waals surface area contributed by atoms with Crippen LogP contribution in [0.3, 0.4) is 0 Å². The summed E-state index contributed by atoms with van der Waals surface area (Å²) in [4.78, 5) is 24.3. The van der Waals surface area contributed by atoms with Crippen molar-refractivity contribution in [3.63, 3.8) is 0 Å². The highest BCUT2D eigenvalue weighted by atomic mass is 35.5. The molecule has 0 spiro atoms. The van der Waals surface area contributed by atoms with Crippen LogP contribution in [0.4, 0.5) is 23.1 Å². The first-order valence-corrected chi connectivity index (χ1v) is 12.1. The molecule has 0 aliphatic heterocycles. The van der Waals surface area contributed by atoms with Gasteiger partial charge < -0.3 is 15.7 Å². The summed E-state index contributed by atoms with van der Waals surface area (Å²) in [7, 11) is -3.56. The number of carboxylic acid groups (broad SMARTS) is 1. The summed E-state index contributed by atoms with van der Waals surface area (Å²) in [5.41, 5.74) is 1.12. The van der Waals surface area contributed by atoms with Crippen molar-refractivity contribution in [1.82, 2.24) is 15.0 Å². The molecule has 11 heteroatoms. The molecule has 2 aromatic carbocycles. The number of para-hydroxylation sites is 2. The molecular formula is C23H20ClN5O4S. The minimum Gasteiger partial charge on any atom is -0.477 e. The molecule has 4 aromatic rings. The van der Waals surface area contributed by atoms with E-state index in [-0.39, 0.29) is 27.4 Å². The predicted octanol–water partition coefficient (Wildman–Crippen LogP) is 5.05. The van der Waals surface area contributed by atoms with Gasteiger partial charge in [-0.2, -0.15) is 4.98 Å². The van der Waals surface area contributed by atoms with Gasteiger partial charge in [-0.3, -0.25) is 0 Å². The Morgan fingerprint density at radius 3 is 2.44 bits per heavy atom. The van der Waals surface area contributed by atoms with E-state index in [4.69, 9.17) is 11.6 Å². The molecule has 4 rings (SSSR count). The molecule has 0 aliphatic carbocycles. The monoisotopic (exact) mass is 497 g/mol. The summed E-state index contributed by atoms with van der Waals surface area (Å²) >= 11 is 6.29. The number of carboxylic acids is 1. The van der Waals surface area contributed by atoms with E-state index in [1.165, 1.54) is 18.3 Å². The molecule has 0 amide bonds. The van der Waals surface area contributed by atoms with Gasteiger partial charge in [0.25, 0.3) is 0 Å². The van der Waals surface area contributed by atoms with Crippen LogP contribution in [-0.2, 0) is 9.84 Å². The molecule has 0 fully saturated rings. The second kappa shape index (κ2) is 9.24. The van der Waals surface area contributed by atoms with Crippen molar-refractivity contribution in [1.29, 1.82) is 0 Å². The zero-order chi connectivity index (χ0) is 24.5. The first-order chi connectivity index (χ1) is 16.2. The van der Waals surface area contributed by atoms with E-state index >= 15 is 0 Å². The molecule has 0 bridgehead atoms. The molecule has 9 nitrogen and oxygen atoms in total. The lowest BCUT2D eigenvalue weighted by molar-refractivity contribution is 0.0691. The number of hydrogen-bond acceptors (Lipinski definition) is 8. The van der Waals surface area contributed by atoms with Gasteiger partial charge in [-0.15, -0.1) is 0 Å². The number of carbonyl (C=O) groups is 1. The Hall–Kier alpha value is -3.76. The van der Waals surface area contributed by atoms with E-state index in [9.17, 15) is 18.3 Å². The summed E-state index contributed by atoms with van der Waals surface area (Å²) in [6, 6.07) is 14.9. The predicted molar refractivity (Wildman–Crippen MR) is 131 cm³/mol. The van der Waals surface area contributed by atoms with Gasteiger partial charge in [-0.05, 0) is 38.1 Å². The fourth-order valence-electron chi connectivity index (χ4n) is 3.22. The second-order valence-electron chi connectivity index (χ2n) is 7.61. The van der Waals surface area contributed by atoms with Crippen molar-refractivity contribution in [2.75, 3.05) is 10.6 Å². The normalized spacial score (nSPS) is 11.5. The van der Waals surface area contributed by atoms with E-state index in [2.05, 4.69) is 25.6 Å². The quantitative estimate of drug-likeness (QED) is 0.320. The van der Waals surface area contributed by atoms with Gasteiger partial charge in [-0.25, -0.2) is 23.2 Å². The van der Waals surface area contributed by atoms with Crippen molar-refractivity contribution in [2.45, 2.75) is 24.0 Å². The number of nitrogens with one attached hydrogen (secondary N) is 2. The van der Waals surface area contributed by atoms with Gasteiger partial charge >= 0.3 is 5.97 Å². The maximum atomic E-state index is 12.8. The lowest BCUT2D eigenvalue weighted by atomic mass is 10.1. The molecule has 174 valence electrons. The third-order valence-electron chi connectivity index (χ3n) is 4.99. The molecule has 34 heavy (non-hydrogen) atoms. The highest BCUT2D eigenvalue weighted by Crippen LogP contribution is 2.31. The van der Waals surface area contributed by atoms with E-state index in [0.717, 1.165) is 0 Å². The summed E-state index contributed by atoms with van der Waals surface area (Å²) in [6.07, 6.45) is 1.36. The molecule has 2 heterocycles. The number of anilines is 4. The van der Waals surface area contributed by atoms with Crippen LogP contribution < -0.4 is 10.6 Å². The first-order valence-electron chi connectivity index (χ1n) is 10.2. The number of aromatic carboxylic acids is 1. The molecule has 0 aliphatic rings. The number of pyridine rings is 1. The zero-order valence-electron chi connectivity index (χ0n) is 18.2. The van der Waals surface area contributed by atoms with Gasteiger partial charge in [0.1, 0.15) is 5.02 Å². The number of benzene rings is 2. The van der Waals surface area contributed by atoms with Crippen molar-refractivity contribution < 1.29 is 18.3 Å². The molecule has 2 aromatic heterocycles. The van der Waals surface area contributed by atoms with Gasteiger partial charge in [0, 0.05) is 5.39 Å². The van der Waals surface area contributed by atoms with Crippen LogP contribution in [0.15, 0.2) is 65.7 Å². The molecule has 0 atom stereocenters. The topological polar surface area (TPSA) is 134 Å². The third-order valence-corrected chi connectivity index (χ3v) is 7.48. The summed E-state index contributed by atoms with van der Waals surface area (Å²) in [5, 5.41) is 15.6. The minimum absolute atomic E-state index is 0.125. The molecule has 0 saturated carbocycles. The number of nitrogens with zero attached hydrogens (tertiary/aromatic N) is 3. The fraction of sp³-hybridized carbons (Fsp3) is 0.130. The van der Waals surface area contributed by atoms with Gasteiger partial charge in [0.05, 0.1) is 33.2 Å². The van der Waals surface area contributed by atoms with Crippen LogP contribution in [0.5, 0.6) is 0 Å². The Kier molecular flexibility index (Phi) is 6.36. The Bertz CT molecular complexity index is 1510. The van der Waals surface area contributed by atoms with Crippen molar-refractivity contribution in [2.24, 2.45) is 0 Å². The Labute approximate surface area is 200 Å². The van der Waals surface area contributed by atoms with E-state index < -0.39 is 21.1 Å². The largest absolute Gasteiger partial charge is 0.477 e. The average molecular weight is 498 g/mol. The summed E-state index contributed by atoms with van der Waals surface area (Å²) < 4.78 is 25.6. The van der Waals surface area contributed by atoms with Crippen LogP contribution in [0.25, 0.3) is 10.9 Å². The Morgan fingerprint density at radius 1 is 1.00 bits per heavy atom. The average Bonchev–Trinajstić information content (AvgIpc) is 2.81. The van der Waals surface area contributed by atoms with E-state index in [1.54, 1.807) is 56.3 Å². The number of fused-ring (bicyclic) bond motifs is 1. The van der Waals surface area contributed by atoms with Crippen LogP contribution in [0.1, 0.15) is 24.3 Å². The van der Waals surface area contributed by atoms with E-state index in [0.29, 0.717) is 22.3 Å². The molecule has 0 radical (unpaired) electrons.